The van der Waals surface area contributed by atoms with Crippen LogP contribution in [-0.4, -0.2) is 14.2 Å². The van der Waals surface area contributed by atoms with E-state index < -0.39 is 0 Å². The second-order valence-corrected chi connectivity index (χ2v) is 6.26. The van der Waals surface area contributed by atoms with Crippen molar-refractivity contribution in [2.75, 3.05) is 14.2 Å². The molecule has 0 aliphatic rings. The summed E-state index contributed by atoms with van der Waals surface area (Å²) in [6.45, 7) is 4.15. The van der Waals surface area contributed by atoms with Gasteiger partial charge < -0.3 is 9.47 Å². The summed E-state index contributed by atoms with van der Waals surface area (Å²) in [6, 6.07) is 9.99. The number of halogens is 2. The molecular weight excluding hydrogens is 352 g/mol. The van der Waals surface area contributed by atoms with Crippen molar-refractivity contribution in [3.05, 3.63) is 57.6 Å². The fraction of sp³-hybridized carbons (Fsp3) is 0.294. The van der Waals surface area contributed by atoms with Crippen LogP contribution >= 0.6 is 27.5 Å². The minimum atomic E-state index is 0.00380. The summed E-state index contributed by atoms with van der Waals surface area (Å²) in [7, 11) is 3.26. The Morgan fingerprint density at radius 1 is 0.952 bits per heavy atom. The zero-order valence-corrected chi connectivity index (χ0v) is 14.9. The molecule has 21 heavy (non-hydrogen) atoms. The lowest BCUT2D eigenvalue weighted by Gasteiger charge is -2.16. The molecule has 1 atom stereocenters. The highest BCUT2D eigenvalue weighted by Gasteiger charge is 2.17. The van der Waals surface area contributed by atoms with Crippen LogP contribution in [-0.2, 0) is 0 Å². The maximum absolute atomic E-state index is 6.39. The van der Waals surface area contributed by atoms with E-state index in [-0.39, 0.29) is 4.83 Å². The SMILES string of the molecule is COc1ccc(C(Br)c2cc(C)c(C)cc2Cl)cc1OC. The number of ether oxygens (including phenoxy) is 2. The van der Waals surface area contributed by atoms with Crippen LogP contribution in [0.15, 0.2) is 30.3 Å². The van der Waals surface area contributed by atoms with Crippen LogP contribution in [0.25, 0.3) is 0 Å². The normalized spacial score (nSPS) is 12.1. The summed E-state index contributed by atoms with van der Waals surface area (Å²) in [5.74, 6) is 1.42. The molecule has 2 nitrogen and oxygen atoms in total. The molecule has 0 aliphatic heterocycles. The summed E-state index contributed by atoms with van der Waals surface area (Å²) in [4.78, 5) is 0.00380. The van der Waals surface area contributed by atoms with Crippen LogP contribution in [0, 0.1) is 13.8 Å². The molecule has 0 saturated carbocycles. The Balaban J connectivity index is 2.45. The van der Waals surface area contributed by atoms with Gasteiger partial charge in [0.25, 0.3) is 0 Å². The van der Waals surface area contributed by atoms with Gasteiger partial charge in [-0.15, -0.1) is 0 Å². The third-order valence-corrected chi connectivity index (χ3v) is 4.94. The maximum Gasteiger partial charge on any atom is 0.161 e. The van der Waals surface area contributed by atoms with Crippen LogP contribution in [0.1, 0.15) is 27.1 Å². The predicted molar refractivity (Wildman–Crippen MR) is 91.2 cm³/mol. The summed E-state index contributed by atoms with van der Waals surface area (Å²) < 4.78 is 10.6. The van der Waals surface area contributed by atoms with E-state index in [1.807, 2.05) is 24.3 Å². The molecule has 2 aromatic rings. The first-order valence-corrected chi connectivity index (χ1v) is 7.90. The molecule has 4 heteroatoms. The van der Waals surface area contributed by atoms with Crippen LogP contribution in [0.4, 0.5) is 0 Å². The van der Waals surface area contributed by atoms with Crippen molar-refractivity contribution in [2.45, 2.75) is 18.7 Å². The summed E-state index contributed by atoms with van der Waals surface area (Å²) in [6.07, 6.45) is 0. The molecule has 0 heterocycles. The smallest absolute Gasteiger partial charge is 0.161 e. The molecule has 0 saturated heterocycles. The average Bonchev–Trinajstić information content (AvgIpc) is 2.49. The second-order valence-electron chi connectivity index (χ2n) is 4.93. The number of aryl methyl sites for hydroxylation is 2. The van der Waals surface area contributed by atoms with Crippen molar-refractivity contribution in [3.8, 4) is 11.5 Å². The first-order chi connectivity index (χ1) is 9.97. The Kier molecular flexibility index (Phi) is 5.17. The first kappa shape index (κ1) is 16.2. The quantitative estimate of drug-likeness (QED) is 0.666. The van der Waals surface area contributed by atoms with Crippen molar-refractivity contribution in [3.63, 3.8) is 0 Å². The lowest BCUT2D eigenvalue weighted by Crippen LogP contribution is -1.98. The molecule has 0 aliphatic carbocycles. The van der Waals surface area contributed by atoms with Gasteiger partial charge in [-0.3, -0.25) is 0 Å². The van der Waals surface area contributed by atoms with E-state index in [1.54, 1.807) is 14.2 Å². The number of methoxy groups -OCH3 is 2. The lowest BCUT2D eigenvalue weighted by molar-refractivity contribution is 0.354. The molecule has 2 aromatic carbocycles. The zero-order chi connectivity index (χ0) is 15.6. The highest BCUT2D eigenvalue weighted by Crippen LogP contribution is 2.39. The lowest BCUT2D eigenvalue weighted by atomic mass is 10.00. The van der Waals surface area contributed by atoms with Gasteiger partial charge >= 0.3 is 0 Å². The van der Waals surface area contributed by atoms with E-state index >= 15 is 0 Å². The van der Waals surface area contributed by atoms with E-state index in [4.69, 9.17) is 21.1 Å². The Bertz CT molecular complexity index is 655. The molecule has 2 rings (SSSR count). The summed E-state index contributed by atoms with van der Waals surface area (Å²) >= 11 is 10.1. The number of benzene rings is 2. The van der Waals surface area contributed by atoms with Gasteiger partial charge in [0.05, 0.1) is 19.0 Å². The fourth-order valence-electron chi connectivity index (χ4n) is 2.19. The minimum absolute atomic E-state index is 0.00380. The van der Waals surface area contributed by atoms with E-state index in [1.165, 1.54) is 11.1 Å². The van der Waals surface area contributed by atoms with Gasteiger partial charge in [-0.2, -0.15) is 0 Å². The molecule has 0 N–H and O–H groups in total. The molecular formula is C17H18BrClO2. The van der Waals surface area contributed by atoms with E-state index in [9.17, 15) is 0 Å². The summed E-state index contributed by atoms with van der Waals surface area (Å²) in [5.41, 5.74) is 4.53. The Morgan fingerprint density at radius 2 is 1.57 bits per heavy atom. The number of rotatable bonds is 4. The fourth-order valence-corrected chi connectivity index (χ4v) is 3.31. The van der Waals surface area contributed by atoms with Crippen molar-refractivity contribution in [2.24, 2.45) is 0 Å². The van der Waals surface area contributed by atoms with E-state index in [0.29, 0.717) is 11.5 Å². The largest absolute Gasteiger partial charge is 0.493 e. The van der Waals surface area contributed by atoms with Crippen molar-refractivity contribution in [1.29, 1.82) is 0 Å². The minimum Gasteiger partial charge on any atom is -0.493 e. The van der Waals surface area contributed by atoms with Crippen molar-refractivity contribution in [1.82, 2.24) is 0 Å². The number of hydrogen-bond acceptors (Lipinski definition) is 2. The van der Waals surface area contributed by atoms with Gasteiger partial charge in [-0.25, -0.2) is 0 Å². The Hall–Kier alpha value is -1.19. The molecule has 0 radical (unpaired) electrons. The molecule has 112 valence electrons. The average molecular weight is 370 g/mol. The van der Waals surface area contributed by atoms with Crippen molar-refractivity contribution < 1.29 is 9.47 Å². The van der Waals surface area contributed by atoms with Gasteiger partial charge in [-0.1, -0.05) is 39.7 Å². The summed E-state index contributed by atoms with van der Waals surface area (Å²) in [5, 5.41) is 0.759. The van der Waals surface area contributed by atoms with Gasteiger partial charge in [0.15, 0.2) is 11.5 Å². The number of hydrogen-bond donors (Lipinski definition) is 0. The zero-order valence-electron chi connectivity index (χ0n) is 12.5. The molecule has 0 fully saturated rings. The van der Waals surface area contributed by atoms with Gasteiger partial charge in [0.2, 0.25) is 0 Å². The van der Waals surface area contributed by atoms with Crippen LogP contribution in [0.5, 0.6) is 11.5 Å². The van der Waals surface area contributed by atoms with Crippen LogP contribution in [0.2, 0.25) is 5.02 Å². The second kappa shape index (κ2) is 6.71. The predicted octanol–water partition coefficient (Wildman–Crippen LogP) is 5.46. The van der Waals surface area contributed by atoms with Crippen LogP contribution in [0.3, 0.4) is 0 Å². The van der Waals surface area contributed by atoms with E-state index in [0.717, 1.165) is 16.1 Å². The van der Waals surface area contributed by atoms with Gasteiger partial charge in [0, 0.05) is 5.02 Å². The van der Waals surface area contributed by atoms with Gasteiger partial charge in [-0.05, 0) is 54.3 Å². The number of alkyl halides is 1. The Morgan fingerprint density at radius 3 is 2.19 bits per heavy atom. The third-order valence-electron chi connectivity index (χ3n) is 3.59. The first-order valence-electron chi connectivity index (χ1n) is 6.60. The molecule has 0 bridgehead atoms. The Labute approximate surface area is 139 Å². The topological polar surface area (TPSA) is 18.5 Å². The highest BCUT2D eigenvalue weighted by molar-refractivity contribution is 9.09. The monoisotopic (exact) mass is 368 g/mol. The van der Waals surface area contributed by atoms with Gasteiger partial charge in [0.1, 0.15) is 0 Å². The molecule has 1 unspecified atom stereocenters. The van der Waals surface area contributed by atoms with Crippen LogP contribution < -0.4 is 9.47 Å². The maximum atomic E-state index is 6.39. The standard InChI is InChI=1S/C17H18BrClO2/c1-10-7-13(14(19)8-11(10)2)17(18)12-5-6-15(20-3)16(9-12)21-4/h5-9,17H,1-4H3. The van der Waals surface area contributed by atoms with Crippen molar-refractivity contribution >= 4 is 27.5 Å². The molecule has 0 spiro atoms. The third kappa shape index (κ3) is 3.35. The van der Waals surface area contributed by atoms with E-state index in [2.05, 4.69) is 35.8 Å². The highest BCUT2D eigenvalue weighted by atomic mass is 79.9. The molecule has 0 aromatic heterocycles. The molecule has 0 amide bonds.